The van der Waals surface area contributed by atoms with Crippen LogP contribution in [0.1, 0.15) is 44.1 Å². The standard InChI is InChI=1S/C20H24ClN5O3S/c1-12(2)25(5)30(28,29)16-6-7-18(21)17(9-16)20(27)24-15-8-14-10-23-26(13(3)4)19(14)22-11-15/h6-13H,1-5H3,(H,24,27). The number of carbonyl (C=O) groups is 1. The summed E-state index contributed by atoms with van der Waals surface area (Å²) < 4.78 is 28.5. The van der Waals surface area contributed by atoms with Crippen LogP contribution < -0.4 is 5.32 Å². The Morgan fingerprint density at radius 1 is 1.17 bits per heavy atom. The lowest BCUT2D eigenvalue weighted by Gasteiger charge is -2.21. The van der Waals surface area contributed by atoms with Crippen molar-refractivity contribution in [3.63, 3.8) is 0 Å². The van der Waals surface area contributed by atoms with Gasteiger partial charge in [-0.1, -0.05) is 11.6 Å². The normalized spacial score (nSPS) is 12.3. The highest BCUT2D eigenvalue weighted by Crippen LogP contribution is 2.25. The molecule has 1 aromatic carbocycles. The molecule has 0 saturated carbocycles. The highest BCUT2D eigenvalue weighted by molar-refractivity contribution is 7.89. The van der Waals surface area contributed by atoms with Crippen LogP contribution in [-0.2, 0) is 10.0 Å². The Morgan fingerprint density at radius 3 is 2.50 bits per heavy atom. The average molecular weight is 450 g/mol. The zero-order chi connectivity index (χ0) is 22.2. The van der Waals surface area contributed by atoms with Crippen molar-refractivity contribution in [3.8, 4) is 0 Å². The van der Waals surface area contributed by atoms with E-state index < -0.39 is 15.9 Å². The van der Waals surface area contributed by atoms with E-state index in [4.69, 9.17) is 11.6 Å². The zero-order valence-corrected chi connectivity index (χ0v) is 19.0. The van der Waals surface area contributed by atoms with Gasteiger partial charge in [0.2, 0.25) is 10.0 Å². The van der Waals surface area contributed by atoms with Gasteiger partial charge in [0.15, 0.2) is 5.65 Å². The number of anilines is 1. The maximum atomic E-state index is 12.8. The van der Waals surface area contributed by atoms with Crippen molar-refractivity contribution in [2.75, 3.05) is 12.4 Å². The van der Waals surface area contributed by atoms with E-state index >= 15 is 0 Å². The number of pyridine rings is 1. The van der Waals surface area contributed by atoms with Crippen LogP contribution >= 0.6 is 11.6 Å². The van der Waals surface area contributed by atoms with Gasteiger partial charge in [-0.2, -0.15) is 9.40 Å². The zero-order valence-electron chi connectivity index (χ0n) is 17.4. The third kappa shape index (κ3) is 4.19. The lowest BCUT2D eigenvalue weighted by atomic mass is 10.2. The molecule has 0 aliphatic rings. The van der Waals surface area contributed by atoms with Gasteiger partial charge in [0.25, 0.3) is 5.91 Å². The van der Waals surface area contributed by atoms with Gasteiger partial charge in [-0.05, 0) is 52.0 Å². The second-order valence-electron chi connectivity index (χ2n) is 7.53. The van der Waals surface area contributed by atoms with Gasteiger partial charge >= 0.3 is 0 Å². The third-order valence-corrected chi connectivity index (χ3v) is 7.13. The number of halogens is 1. The number of amides is 1. The quantitative estimate of drug-likeness (QED) is 0.614. The largest absolute Gasteiger partial charge is 0.321 e. The fourth-order valence-corrected chi connectivity index (χ4v) is 4.47. The molecule has 2 aromatic heterocycles. The van der Waals surface area contributed by atoms with Gasteiger partial charge < -0.3 is 5.32 Å². The molecule has 0 aliphatic heterocycles. The number of aromatic nitrogens is 3. The highest BCUT2D eigenvalue weighted by atomic mass is 35.5. The number of nitrogens with one attached hydrogen (secondary N) is 1. The number of sulfonamides is 1. The van der Waals surface area contributed by atoms with E-state index in [0.29, 0.717) is 11.3 Å². The van der Waals surface area contributed by atoms with Crippen molar-refractivity contribution in [2.45, 2.75) is 44.7 Å². The Balaban J connectivity index is 1.91. The summed E-state index contributed by atoms with van der Waals surface area (Å²) in [5.41, 5.74) is 1.23. The summed E-state index contributed by atoms with van der Waals surface area (Å²) in [7, 11) is -2.25. The van der Waals surface area contributed by atoms with Gasteiger partial charge in [-0.15, -0.1) is 0 Å². The molecular formula is C20H24ClN5O3S. The number of hydrogen-bond acceptors (Lipinski definition) is 5. The molecule has 0 spiro atoms. The summed E-state index contributed by atoms with van der Waals surface area (Å²) in [4.78, 5) is 17.2. The van der Waals surface area contributed by atoms with E-state index in [0.717, 1.165) is 5.39 Å². The number of hydrogen-bond donors (Lipinski definition) is 1. The van der Waals surface area contributed by atoms with E-state index in [1.807, 2.05) is 13.8 Å². The molecule has 1 amide bonds. The van der Waals surface area contributed by atoms with Crippen LogP contribution in [0.15, 0.2) is 41.6 Å². The molecule has 160 valence electrons. The lowest BCUT2D eigenvalue weighted by Crippen LogP contribution is -2.33. The van der Waals surface area contributed by atoms with E-state index in [9.17, 15) is 13.2 Å². The molecule has 0 saturated heterocycles. The van der Waals surface area contributed by atoms with E-state index in [-0.39, 0.29) is 27.6 Å². The number of benzene rings is 1. The van der Waals surface area contributed by atoms with Crippen molar-refractivity contribution in [1.82, 2.24) is 19.1 Å². The van der Waals surface area contributed by atoms with Crippen LogP contribution in [0.3, 0.4) is 0 Å². The molecule has 0 radical (unpaired) electrons. The Morgan fingerprint density at radius 2 is 1.87 bits per heavy atom. The maximum absolute atomic E-state index is 12.8. The molecule has 3 aromatic rings. The summed E-state index contributed by atoms with van der Waals surface area (Å²) in [6, 6.07) is 5.77. The number of nitrogens with zero attached hydrogens (tertiary/aromatic N) is 4. The minimum absolute atomic E-state index is 0.0000342. The smallest absolute Gasteiger partial charge is 0.257 e. The summed E-state index contributed by atoms with van der Waals surface area (Å²) in [6.07, 6.45) is 3.21. The third-order valence-electron chi connectivity index (χ3n) is 4.77. The molecule has 0 bridgehead atoms. The van der Waals surface area contributed by atoms with Gasteiger partial charge in [0, 0.05) is 24.5 Å². The minimum atomic E-state index is -3.75. The fraction of sp³-hybridized carbons (Fsp3) is 0.350. The van der Waals surface area contributed by atoms with E-state index in [2.05, 4.69) is 15.4 Å². The van der Waals surface area contributed by atoms with E-state index in [1.54, 1.807) is 30.8 Å². The SMILES string of the molecule is CC(C)N(C)S(=O)(=O)c1ccc(Cl)c(C(=O)Nc2cnc3c(cnn3C(C)C)c2)c1. The van der Waals surface area contributed by atoms with E-state index in [1.165, 1.54) is 35.7 Å². The topological polar surface area (TPSA) is 97.2 Å². The summed E-state index contributed by atoms with van der Waals surface area (Å²) in [5, 5.41) is 7.97. The molecule has 0 atom stereocenters. The Labute approximate surface area is 180 Å². The van der Waals surface area contributed by atoms with Crippen molar-refractivity contribution >= 4 is 44.3 Å². The lowest BCUT2D eigenvalue weighted by molar-refractivity contribution is 0.102. The van der Waals surface area contributed by atoms with Gasteiger partial charge in [-0.3, -0.25) is 4.79 Å². The summed E-state index contributed by atoms with van der Waals surface area (Å²) in [6.45, 7) is 7.55. The highest BCUT2D eigenvalue weighted by Gasteiger charge is 2.25. The number of carbonyl (C=O) groups excluding carboxylic acids is 1. The Hall–Kier alpha value is -2.49. The minimum Gasteiger partial charge on any atom is -0.321 e. The number of rotatable bonds is 6. The molecule has 0 unspecified atom stereocenters. The monoisotopic (exact) mass is 449 g/mol. The van der Waals surface area contributed by atoms with Gasteiger partial charge in [0.05, 0.1) is 33.6 Å². The molecule has 30 heavy (non-hydrogen) atoms. The molecular weight excluding hydrogens is 426 g/mol. The maximum Gasteiger partial charge on any atom is 0.257 e. The van der Waals surface area contributed by atoms with Crippen LogP contribution in [0.25, 0.3) is 11.0 Å². The van der Waals surface area contributed by atoms with Crippen molar-refractivity contribution in [1.29, 1.82) is 0 Å². The molecule has 0 fully saturated rings. The Bertz CT molecular complexity index is 1200. The summed E-state index contributed by atoms with van der Waals surface area (Å²) >= 11 is 6.18. The van der Waals surface area contributed by atoms with Crippen LogP contribution in [-0.4, -0.2) is 46.5 Å². The molecule has 1 N–H and O–H groups in total. The van der Waals surface area contributed by atoms with Crippen LogP contribution in [0.4, 0.5) is 5.69 Å². The Kier molecular flexibility index (Phi) is 6.16. The van der Waals surface area contributed by atoms with Crippen LogP contribution in [0.2, 0.25) is 5.02 Å². The molecule has 3 rings (SSSR count). The van der Waals surface area contributed by atoms with Crippen LogP contribution in [0, 0.1) is 0 Å². The first kappa shape index (κ1) is 22.2. The predicted molar refractivity (Wildman–Crippen MR) is 117 cm³/mol. The second-order valence-corrected chi connectivity index (χ2v) is 9.94. The fourth-order valence-electron chi connectivity index (χ4n) is 2.87. The van der Waals surface area contributed by atoms with Crippen LogP contribution in [0.5, 0.6) is 0 Å². The van der Waals surface area contributed by atoms with Crippen molar-refractivity contribution in [2.24, 2.45) is 0 Å². The van der Waals surface area contributed by atoms with Crippen molar-refractivity contribution in [3.05, 3.63) is 47.2 Å². The first-order valence-electron chi connectivity index (χ1n) is 9.44. The number of fused-ring (bicyclic) bond motifs is 1. The second kappa shape index (κ2) is 8.33. The van der Waals surface area contributed by atoms with Gasteiger partial charge in [0.1, 0.15) is 0 Å². The molecule has 8 nitrogen and oxygen atoms in total. The average Bonchev–Trinajstić information content (AvgIpc) is 3.10. The summed E-state index contributed by atoms with van der Waals surface area (Å²) in [5.74, 6) is -0.526. The van der Waals surface area contributed by atoms with Gasteiger partial charge in [-0.25, -0.2) is 18.1 Å². The molecule has 10 heteroatoms. The molecule has 0 aliphatic carbocycles. The molecule has 2 heterocycles. The predicted octanol–water partition coefficient (Wildman–Crippen LogP) is 3.95. The first-order chi connectivity index (χ1) is 14.0. The van der Waals surface area contributed by atoms with Crippen molar-refractivity contribution < 1.29 is 13.2 Å². The first-order valence-corrected chi connectivity index (χ1v) is 11.3.